The Bertz CT molecular complexity index is 1800. The first-order chi connectivity index (χ1) is 23.7. The Labute approximate surface area is 305 Å². The molecule has 2 aromatic carbocycles. The number of esters is 1. The van der Waals surface area contributed by atoms with Crippen molar-refractivity contribution >= 4 is 57.0 Å². The zero-order valence-corrected chi connectivity index (χ0v) is 30.7. The lowest BCUT2D eigenvalue weighted by Crippen LogP contribution is -2.51. The summed E-state index contributed by atoms with van der Waals surface area (Å²) in [4.78, 5) is 30.4. The molecule has 272 valence electrons. The highest BCUT2D eigenvalue weighted by molar-refractivity contribution is 7.89. The first-order valence-corrected chi connectivity index (χ1v) is 17.9. The number of nitrogens with one attached hydrogen (secondary N) is 1. The van der Waals surface area contributed by atoms with Gasteiger partial charge in [-0.15, -0.1) is 12.3 Å². The van der Waals surface area contributed by atoms with Gasteiger partial charge in [0.25, 0.3) is 0 Å². The quantitative estimate of drug-likeness (QED) is 0.0906. The van der Waals surface area contributed by atoms with Crippen molar-refractivity contribution < 1.29 is 55.2 Å². The van der Waals surface area contributed by atoms with E-state index in [9.17, 15) is 18.0 Å². The molecule has 3 aliphatic heterocycles. The number of alkyl halides is 3. The van der Waals surface area contributed by atoms with Crippen LogP contribution in [0.4, 0.5) is 0 Å². The second-order valence-electron chi connectivity index (χ2n) is 11.8. The van der Waals surface area contributed by atoms with Gasteiger partial charge >= 0.3 is 5.97 Å². The number of benzene rings is 2. The molecule has 2 aromatic rings. The number of hydrogen-bond donors (Lipinski definition) is 1. The molecule has 50 heavy (non-hydrogen) atoms. The van der Waals surface area contributed by atoms with Crippen LogP contribution in [0.25, 0.3) is 4.83 Å². The van der Waals surface area contributed by atoms with E-state index in [4.69, 9.17) is 73.8 Å². The summed E-state index contributed by atoms with van der Waals surface area (Å²) in [5.41, 5.74) is 1.69. The zero-order valence-electron chi connectivity index (χ0n) is 27.6. The minimum absolute atomic E-state index is 0.0624. The lowest BCUT2D eigenvalue weighted by atomic mass is 9.84. The number of methoxy groups -OCH3 is 3. The average molecular weight is 777 g/mol. The summed E-state index contributed by atoms with van der Waals surface area (Å²) < 4.78 is 64.2. The molecule has 1 amide bonds. The van der Waals surface area contributed by atoms with Crippen LogP contribution in [0.5, 0.6) is 28.7 Å². The van der Waals surface area contributed by atoms with Gasteiger partial charge in [0.1, 0.15) is 11.7 Å². The zero-order chi connectivity index (χ0) is 36.4. The van der Waals surface area contributed by atoms with E-state index in [-0.39, 0.29) is 43.4 Å². The first kappa shape index (κ1) is 37.9. The van der Waals surface area contributed by atoms with Crippen molar-refractivity contribution in [3.63, 3.8) is 0 Å². The number of likely N-dealkylation sites (N-methyl/N-ethyl adjacent to an activating group) is 1. The van der Waals surface area contributed by atoms with Crippen molar-refractivity contribution in [1.82, 2.24) is 5.32 Å². The van der Waals surface area contributed by atoms with Gasteiger partial charge in [0.15, 0.2) is 35.1 Å². The van der Waals surface area contributed by atoms with Gasteiger partial charge < -0.3 is 43.2 Å². The molecule has 0 radical (unpaired) electrons. The minimum Gasteiger partial charge on any atom is -0.493 e. The van der Waals surface area contributed by atoms with Gasteiger partial charge in [0.05, 0.1) is 46.9 Å². The summed E-state index contributed by atoms with van der Waals surface area (Å²) in [6.45, 7) is 0.280. The number of amides is 1. The number of unbranched alkanes of at least 4 members (excludes halogenated alkanes) is 2. The standard InChI is InChI=1S/C32H36Cl3N3O11S/c1-6-7-8-9-13-36-23(39)16-22(32(33,34)35)49-50(41,42)37-38(2)14-12-18-15-21-29(47-17-46-21)30(45-5)24(18)26(38)27-19-10-11-20(43-3)28(44-4)25(19)31(40)48-27/h1,10-11,15,22,26-27H,7-9,12-14,16-17H2,2-5H3,(H,36,39)/t22-,26-,27+,38?/m1/s1. The van der Waals surface area contributed by atoms with E-state index in [0.29, 0.717) is 47.6 Å². The maximum absolute atomic E-state index is 13.8. The number of carbonyl (C=O) groups excluding carboxylic acids is 2. The molecule has 0 aliphatic carbocycles. The maximum atomic E-state index is 13.8. The van der Waals surface area contributed by atoms with Gasteiger partial charge in [0.2, 0.25) is 32.5 Å². The molecular formula is C32H36Cl3N3O11S. The predicted octanol–water partition coefficient (Wildman–Crippen LogP) is 5.00. The van der Waals surface area contributed by atoms with Crippen LogP contribution >= 0.6 is 34.8 Å². The fourth-order valence-electron chi connectivity index (χ4n) is 6.39. The van der Waals surface area contributed by atoms with Crippen LogP contribution in [0.15, 0.2) is 18.2 Å². The Kier molecular flexibility index (Phi) is 11.4. The molecule has 3 heterocycles. The number of halogens is 3. The van der Waals surface area contributed by atoms with Crippen molar-refractivity contribution in [2.75, 3.05) is 48.3 Å². The van der Waals surface area contributed by atoms with E-state index in [1.807, 2.05) is 0 Å². The molecule has 0 aromatic heterocycles. The largest absolute Gasteiger partial charge is 0.493 e. The molecule has 0 fully saturated rings. The van der Waals surface area contributed by atoms with Crippen LogP contribution in [0, 0.1) is 12.3 Å². The third-order valence-electron chi connectivity index (χ3n) is 8.62. The Hall–Kier alpha value is -3.36. The van der Waals surface area contributed by atoms with Crippen molar-refractivity contribution in [1.29, 1.82) is 0 Å². The summed E-state index contributed by atoms with van der Waals surface area (Å²) >= 11 is 18.4. The maximum Gasteiger partial charge on any atom is 0.343 e. The molecule has 18 heteroatoms. The molecule has 1 unspecified atom stereocenters. The number of hydrogen-bond acceptors (Lipinski definition) is 11. The van der Waals surface area contributed by atoms with Crippen LogP contribution in [0.3, 0.4) is 0 Å². The topological polar surface area (TPSA) is 159 Å². The molecule has 4 atom stereocenters. The molecule has 1 N–H and O–H groups in total. The second kappa shape index (κ2) is 15.1. The Balaban J connectivity index is 1.53. The molecule has 5 rings (SSSR count). The highest BCUT2D eigenvalue weighted by Gasteiger charge is 2.52. The van der Waals surface area contributed by atoms with Crippen molar-refractivity contribution in [3.8, 4) is 41.1 Å². The van der Waals surface area contributed by atoms with Crippen LogP contribution in [-0.2, 0) is 30.4 Å². The van der Waals surface area contributed by atoms with Crippen molar-refractivity contribution in [3.05, 3.63) is 45.3 Å². The van der Waals surface area contributed by atoms with Gasteiger partial charge in [-0.1, -0.05) is 40.9 Å². The van der Waals surface area contributed by atoms with Crippen molar-refractivity contribution in [2.45, 2.75) is 54.1 Å². The summed E-state index contributed by atoms with van der Waals surface area (Å²) in [6.07, 6.45) is 3.88. The molecule has 0 saturated carbocycles. The van der Waals surface area contributed by atoms with E-state index in [0.717, 1.165) is 5.56 Å². The summed E-state index contributed by atoms with van der Waals surface area (Å²) in [7, 11) is 0.823. The fourth-order valence-corrected chi connectivity index (χ4v) is 8.10. The first-order valence-electron chi connectivity index (χ1n) is 15.4. The van der Waals surface area contributed by atoms with E-state index in [1.165, 1.54) is 28.4 Å². The highest BCUT2D eigenvalue weighted by atomic mass is 35.6. The number of fused-ring (bicyclic) bond motifs is 3. The Morgan fingerprint density at radius 3 is 2.56 bits per heavy atom. The van der Waals surface area contributed by atoms with Gasteiger partial charge in [0, 0.05) is 24.9 Å². The van der Waals surface area contributed by atoms with Gasteiger partial charge in [-0.05, 0) is 30.5 Å². The molecule has 14 nitrogen and oxygen atoms in total. The van der Waals surface area contributed by atoms with Crippen LogP contribution in [0.1, 0.15) is 64.9 Å². The van der Waals surface area contributed by atoms with E-state index >= 15 is 0 Å². The number of carbonyl (C=O) groups is 2. The number of terminal acetylenes is 1. The van der Waals surface area contributed by atoms with Gasteiger partial charge in [-0.3, -0.25) is 8.98 Å². The number of rotatable bonds is 14. The van der Waals surface area contributed by atoms with Crippen LogP contribution < -0.4 is 29.0 Å². The monoisotopic (exact) mass is 775 g/mol. The van der Waals surface area contributed by atoms with Crippen LogP contribution in [-0.4, -0.2) is 83.0 Å². The van der Waals surface area contributed by atoms with Crippen LogP contribution in [0.2, 0.25) is 0 Å². The lowest BCUT2D eigenvalue weighted by Gasteiger charge is -2.54. The number of nitrogens with zero attached hydrogens (tertiary/aromatic N) is 2. The third kappa shape index (κ3) is 7.62. The fraction of sp³-hybridized carbons (Fsp3) is 0.500. The van der Waals surface area contributed by atoms with Gasteiger partial charge in [-0.2, -0.15) is 0 Å². The molecule has 0 bridgehead atoms. The lowest BCUT2D eigenvalue weighted by molar-refractivity contribution is -0.905. The Morgan fingerprint density at radius 1 is 1.16 bits per heavy atom. The second-order valence-corrected chi connectivity index (χ2v) is 15.4. The highest BCUT2D eigenvalue weighted by Crippen LogP contribution is 2.58. The smallest absolute Gasteiger partial charge is 0.343 e. The summed E-state index contributed by atoms with van der Waals surface area (Å²) in [5, 5.41) is 2.64. The van der Waals surface area contributed by atoms with Gasteiger partial charge in [-0.25, -0.2) is 13.2 Å². The normalized spacial score (nSPS) is 21.4. The van der Waals surface area contributed by atoms with E-state index in [1.54, 1.807) is 18.2 Å². The summed E-state index contributed by atoms with van der Waals surface area (Å²) in [5.74, 6) is 2.61. The van der Waals surface area contributed by atoms with Crippen molar-refractivity contribution in [2.24, 2.45) is 0 Å². The third-order valence-corrected chi connectivity index (χ3v) is 10.4. The van der Waals surface area contributed by atoms with E-state index < -0.39 is 55.2 Å². The molecule has 0 saturated heterocycles. The minimum atomic E-state index is -4.95. The average Bonchev–Trinajstić information content (AvgIpc) is 3.65. The number of cyclic esters (lactones) is 1. The molecule has 3 aliphatic rings. The summed E-state index contributed by atoms with van der Waals surface area (Å²) in [6, 6.07) is 3.96. The molecular weight excluding hydrogens is 741 g/mol. The Morgan fingerprint density at radius 2 is 1.90 bits per heavy atom. The number of ether oxygens (including phenoxy) is 6. The SMILES string of the molecule is C#CCCCCNC(=O)C[C@@H](OS(=O)(=O)[N-][N+]1(C)CCc2cc3c(c(OC)c2[C@@H]1[C@H]1OC(=O)c2c1ccc(OC)c2OC)OCO3)C(Cl)(Cl)Cl. The van der Waals surface area contributed by atoms with E-state index in [2.05, 4.69) is 16.1 Å². The predicted molar refractivity (Wildman–Crippen MR) is 182 cm³/mol. The molecule has 0 spiro atoms. The number of quaternary nitrogens is 1.